The molecule has 0 aliphatic heterocycles. The zero-order chi connectivity index (χ0) is 30.5. The topological polar surface area (TPSA) is 121 Å². The molecule has 4 rings (SSSR count). The summed E-state index contributed by atoms with van der Waals surface area (Å²) in [6, 6.07) is 24.0. The summed E-state index contributed by atoms with van der Waals surface area (Å²) in [6.45, 7) is 3.02. The number of benzene rings is 3. The summed E-state index contributed by atoms with van der Waals surface area (Å²) in [7, 11) is 6.39. The average Bonchev–Trinajstić information content (AvgIpc) is 3.26. The van der Waals surface area contributed by atoms with Crippen LogP contribution in [0.2, 0.25) is 0 Å². The molecule has 8 nitrogen and oxygen atoms in total. The fraction of sp³-hybridized carbons (Fsp3) is 0.233. The number of nitrogens with zero attached hydrogens (tertiary/aromatic N) is 2. The maximum Gasteiger partial charge on any atom is 0.490 e. The number of carbonyl (C=O) groups is 2. The highest BCUT2D eigenvalue weighted by Crippen LogP contribution is 2.25. The molecule has 0 spiro atoms. The third kappa shape index (κ3) is 7.95. The molecule has 11 heteroatoms. The number of halogens is 3. The van der Waals surface area contributed by atoms with Crippen molar-refractivity contribution in [3.05, 3.63) is 101 Å². The minimum absolute atomic E-state index is 0.0318. The van der Waals surface area contributed by atoms with E-state index in [1.807, 2.05) is 47.0 Å². The van der Waals surface area contributed by atoms with E-state index in [2.05, 4.69) is 63.7 Å². The van der Waals surface area contributed by atoms with Crippen LogP contribution in [0.25, 0.3) is 10.9 Å². The second kappa shape index (κ2) is 12.3. The van der Waals surface area contributed by atoms with E-state index in [-0.39, 0.29) is 11.7 Å². The number of nitrogen functional groups attached to an aromatic ring is 1. The van der Waals surface area contributed by atoms with E-state index in [4.69, 9.17) is 21.0 Å². The third-order valence-corrected chi connectivity index (χ3v) is 6.38. The minimum Gasteiger partial charge on any atom is -0.475 e. The van der Waals surface area contributed by atoms with Gasteiger partial charge in [0.2, 0.25) is 0 Å². The minimum atomic E-state index is -5.08. The molecule has 0 bridgehead atoms. The van der Waals surface area contributed by atoms with Gasteiger partial charge in [-0.25, -0.2) is 4.79 Å². The highest BCUT2D eigenvalue weighted by atomic mass is 19.4. The number of alkyl halides is 3. The first kappa shape index (κ1) is 30.9. The molecule has 1 aromatic heterocycles. The second-order valence-electron chi connectivity index (χ2n) is 10.4. The van der Waals surface area contributed by atoms with Crippen LogP contribution in [0.3, 0.4) is 0 Å². The van der Waals surface area contributed by atoms with Gasteiger partial charge in [-0.3, -0.25) is 14.7 Å². The Hall–Kier alpha value is -4.64. The number of aromatic nitrogens is 1. The molecule has 3 aromatic carbocycles. The summed E-state index contributed by atoms with van der Waals surface area (Å²) >= 11 is 0. The van der Waals surface area contributed by atoms with Gasteiger partial charge in [0.05, 0.1) is 21.1 Å². The molecule has 0 aliphatic carbocycles. The zero-order valence-electron chi connectivity index (χ0n) is 23.2. The van der Waals surface area contributed by atoms with Crippen LogP contribution in [-0.4, -0.2) is 54.7 Å². The van der Waals surface area contributed by atoms with Gasteiger partial charge >= 0.3 is 12.1 Å². The number of amidine groups is 1. The number of hydrogen-bond donors (Lipinski definition) is 4. The number of aryl methyl sites for hydroxylation is 1. The van der Waals surface area contributed by atoms with Crippen LogP contribution in [-0.2, 0) is 17.9 Å². The number of aliphatic carboxylic acids is 1. The van der Waals surface area contributed by atoms with Crippen molar-refractivity contribution in [2.75, 3.05) is 21.1 Å². The standard InChI is InChI=1S/C28H31N5O.C2HF3O2/c1-19-7-5-10-25-24(19)16-26(32(25)18-21-8-6-9-22(15-21)27(29)30)28(34)31-17-20-11-13-23(14-12-20)33(2,3)4;3-2(4,5)1(6)7/h5-16H,17-18H2,1-4H3,(H3-,29,30,31,34);(H,6,7)/p+1. The summed E-state index contributed by atoms with van der Waals surface area (Å²) < 4.78 is 34.5. The SMILES string of the molecule is Cc1cccc2c1cc(C(=O)NCc1ccc([N+](C)(C)C)cc1)n2Cc1cccc(C(=N)N)c1.O=C(O)C(F)(F)F. The van der Waals surface area contributed by atoms with Crippen molar-refractivity contribution >= 4 is 34.3 Å². The Kier molecular flexibility index (Phi) is 9.24. The fourth-order valence-electron chi connectivity index (χ4n) is 4.14. The lowest BCUT2D eigenvalue weighted by atomic mass is 10.1. The Morgan fingerprint density at radius 3 is 2.15 bits per heavy atom. The summed E-state index contributed by atoms with van der Waals surface area (Å²) in [5.41, 5.74) is 12.3. The molecule has 0 radical (unpaired) electrons. The number of quaternary nitrogens is 1. The van der Waals surface area contributed by atoms with Crippen LogP contribution >= 0.6 is 0 Å². The predicted molar refractivity (Wildman–Crippen MR) is 154 cm³/mol. The summed E-state index contributed by atoms with van der Waals surface area (Å²) in [4.78, 5) is 22.2. The van der Waals surface area contributed by atoms with E-state index in [9.17, 15) is 18.0 Å². The molecular formula is C30H33F3N5O3+. The molecule has 1 heterocycles. The third-order valence-electron chi connectivity index (χ3n) is 6.38. The average molecular weight is 569 g/mol. The number of amides is 1. The van der Waals surface area contributed by atoms with Crippen molar-refractivity contribution in [1.29, 1.82) is 5.41 Å². The number of carboxylic acids is 1. The van der Waals surface area contributed by atoms with Gasteiger partial charge in [0.15, 0.2) is 0 Å². The van der Waals surface area contributed by atoms with Crippen LogP contribution < -0.4 is 15.5 Å². The normalized spacial score (nSPS) is 11.5. The Morgan fingerprint density at radius 1 is 0.976 bits per heavy atom. The molecule has 1 amide bonds. The number of rotatable bonds is 7. The van der Waals surface area contributed by atoms with Crippen LogP contribution in [0, 0.1) is 12.3 Å². The van der Waals surface area contributed by atoms with E-state index in [0.29, 0.717) is 24.3 Å². The number of nitrogens with one attached hydrogen (secondary N) is 2. The molecular weight excluding hydrogens is 535 g/mol. The Morgan fingerprint density at radius 2 is 1.59 bits per heavy atom. The summed E-state index contributed by atoms with van der Waals surface area (Å²) in [5, 5.41) is 19.0. The monoisotopic (exact) mass is 568 g/mol. The van der Waals surface area contributed by atoms with Crippen molar-refractivity contribution in [3.8, 4) is 0 Å². The summed E-state index contributed by atoms with van der Waals surface area (Å²) in [5.74, 6) is -2.84. The Balaban J connectivity index is 0.000000587. The number of hydrogen-bond acceptors (Lipinski definition) is 3. The van der Waals surface area contributed by atoms with E-state index in [1.54, 1.807) is 0 Å². The maximum atomic E-state index is 13.3. The second-order valence-corrected chi connectivity index (χ2v) is 10.4. The van der Waals surface area contributed by atoms with E-state index in [0.717, 1.165) is 32.1 Å². The van der Waals surface area contributed by atoms with Crippen molar-refractivity contribution in [2.45, 2.75) is 26.2 Å². The van der Waals surface area contributed by atoms with E-state index < -0.39 is 12.1 Å². The first-order valence-corrected chi connectivity index (χ1v) is 12.6. The molecule has 41 heavy (non-hydrogen) atoms. The maximum absolute atomic E-state index is 13.3. The molecule has 0 saturated carbocycles. The molecule has 4 aromatic rings. The number of carboxylic acid groups (broad SMARTS) is 1. The van der Waals surface area contributed by atoms with Crippen molar-refractivity contribution in [1.82, 2.24) is 14.4 Å². The van der Waals surface area contributed by atoms with Gasteiger partial charge in [-0.2, -0.15) is 13.2 Å². The smallest absolute Gasteiger partial charge is 0.475 e. The van der Waals surface area contributed by atoms with E-state index in [1.165, 1.54) is 5.69 Å². The van der Waals surface area contributed by atoms with Gasteiger partial charge in [0, 0.05) is 29.6 Å². The van der Waals surface area contributed by atoms with Crippen LogP contribution in [0.15, 0.2) is 72.8 Å². The van der Waals surface area contributed by atoms with Crippen molar-refractivity contribution in [3.63, 3.8) is 0 Å². The molecule has 5 N–H and O–H groups in total. The van der Waals surface area contributed by atoms with Gasteiger partial charge in [0.1, 0.15) is 17.2 Å². The lowest BCUT2D eigenvalue weighted by Gasteiger charge is -2.23. The Labute approximate surface area is 235 Å². The van der Waals surface area contributed by atoms with E-state index >= 15 is 0 Å². The van der Waals surface area contributed by atoms with Gasteiger partial charge in [-0.15, -0.1) is 0 Å². The van der Waals surface area contributed by atoms with Crippen molar-refractivity contribution < 1.29 is 27.9 Å². The molecule has 0 aliphatic rings. The first-order valence-electron chi connectivity index (χ1n) is 12.6. The van der Waals surface area contributed by atoms with Crippen LogP contribution in [0.1, 0.15) is 32.7 Å². The lowest BCUT2D eigenvalue weighted by molar-refractivity contribution is -0.192. The quantitative estimate of drug-likeness (QED) is 0.142. The Bertz CT molecular complexity index is 1570. The molecule has 0 unspecified atom stereocenters. The first-order chi connectivity index (χ1) is 19.1. The number of fused-ring (bicyclic) bond motifs is 1. The summed E-state index contributed by atoms with van der Waals surface area (Å²) in [6.07, 6.45) is -5.08. The van der Waals surface area contributed by atoms with Crippen LogP contribution in [0.5, 0.6) is 0 Å². The molecule has 0 saturated heterocycles. The highest BCUT2D eigenvalue weighted by Gasteiger charge is 2.38. The largest absolute Gasteiger partial charge is 0.490 e. The fourth-order valence-corrected chi connectivity index (χ4v) is 4.14. The van der Waals surface area contributed by atoms with Gasteiger partial charge < -0.3 is 20.7 Å². The van der Waals surface area contributed by atoms with Gasteiger partial charge in [-0.05, 0) is 53.9 Å². The van der Waals surface area contributed by atoms with Gasteiger partial charge in [0.25, 0.3) is 5.91 Å². The number of nitrogens with two attached hydrogens (primary N) is 1. The van der Waals surface area contributed by atoms with Gasteiger partial charge in [-0.1, -0.05) is 42.5 Å². The molecule has 0 atom stereocenters. The lowest BCUT2D eigenvalue weighted by Crippen LogP contribution is -2.34. The van der Waals surface area contributed by atoms with Crippen molar-refractivity contribution in [2.24, 2.45) is 5.73 Å². The number of carbonyl (C=O) groups excluding carboxylic acids is 1. The predicted octanol–water partition coefficient (Wildman–Crippen LogP) is 5.04. The molecule has 0 fully saturated rings. The highest BCUT2D eigenvalue weighted by molar-refractivity contribution is 5.99. The van der Waals surface area contributed by atoms with Crippen LogP contribution in [0.4, 0.5) is 18.9 Å². The molecule has 216 valence electrons. The zero-order valence-corrected chi connectivity index (χ0v) is 23.2.